The SMILES string of the molecule is CCN(CC)S(=O)(=O)N1CCC(=O)C(C)C1. The molecule has 5 nitrogen and oxygen atoms in total. The Kier molecular flexibility index (Phi) is 4.46. The van der Waals surface area contributed by atoms with Crippen molar-refractivity contribution in [1.82, 2.24) is 8.61 Å². The second-order valence-electron chi connectivity index (χ2n) is 4.07. The van der Waals surface area contributed by atoms with E-state index in [0.29, 0.717) is 32.6 Å². The highest BCUT2D eigenvalue weighted by atomic mass is 32.2. The van der Waals surface area contributed by atoms with Crippen LogP contribution < -0.4 is 0 Å². The fourth-order valence-corrected chi connectivity index (χ4v) is 3.62. The third-order valence-corrected chi connectivity index (χ3v) is 5.15. The molecule has 0 spiro atoms. The maximum Gasteiger partial charge on any atom is 0.281 e. The smallest absolute Gasteiger partial charge is 0.281 e. The van der Waals surface area contributed by atoms with E-state index in [4.69, 9.17) is 0 Å². The molecule has 1 saturated heterocycles. The quantitative estimate of drug-likeness (QED) is 0.727. The summed E-state index contributed by atoms with van der Waals surface area (Å²) >= 11 is 0. The third-order valence-electron chi connectivity index (χ3n) is 2.99. The van der Waals surface area contributed by atoms with Gasteiger partial charge in [0.1, 0.15) is 5.78 Å². The van der Waals surface area contributed by atoms with Crippen LogP contribution in [0.5, 0.6) is 0 Å². The Bertz CT molecular complexity index is 349. The maximum atomic E-state index is 12.1. The van der Waals surface area contributed by atoms with Gasteiger partial charge in [-0.15, -0.1) is 0 Å². The molecule has 1 atom stereocenters. The zero-order chi connectivity index (χ0) is 12.3. The number of nitrogens with zero attached hydrogens (tertiary/aromatic N) is 2. The second kappa shape index (κ2) is 5.25. The summed E-state index contributed by atoms with van der Waals surface area (Å²) in [5.41, 5.74) is 0. The molecule has 0 aromatic carbocycles. The molecule has 1 unspecified atom stereocenters. The van der Waals surface area contributed by atoms with Gasteiger partial charge in [-0.1, -0.05) is 20.8 Å². The molecule has 16 heavy (non-hydrogen) atoms. The molecule has 0 N–H and O–H groups in total. The molecule has 0 amide bonds. The van der Waals surface area contributed by atoms with Gasteiger partial charge in [-0.25, -0.2) is 0 Å². The number of carbonyl (C=O) groups is 1. The highest BCUT2D eigenvalue weighted by Gasteiger charge is 2.33. The molecule has 0 aromatic heterocycles. The molecule has 1 aliphatic rings. The lowest BCUT2D eigenvalue weighted by molar-refractivity contribution is -0.124. The van der Waals surface area contributed by atoms with Crippen LogP contribution in [0.2, 0.25) is 0 Å². The first-order chi connectivity index (χ1) is 7.43. The average molecular weight is 248 g/mol. The van der Waals surface area contributed by atoms with Crippen LogP contribution in [-0.4, -0.2) is 49.0 Å². The van der Waals surface area contributed by atoms with Gasteiger partial charge in [0.2, 0.25) is 0 Å². The van der Waals surface area contributed by atoms with E-state index in [1.165, 1.54) is 8.61 Å². The van der Waals surface area contributed by atoms with Gasteiger partial charge in [0.15, 0.2) is 0 Å². The normalized spacial score (nSPS) is 24.0. The average Bonchev–Trinajstić information content (AvgIpc) is 2.23. The van der Waals surface area contributed by atoms with E-state index in [1.807, 2.05) is 13.8 Å². The molecule has 6 heteroatoms. The second-order valence-corrected chi connectivity index (χ2v) is 6.00. The molecule has 1 aliphatic heterocycles. The fraction of sp³-hybridized carbons (Fsp3) is 0.900. The molecular formula is C10H20N2O3S. The fourth-order valence-electron chi connectivity index (χ4n) is 1.90. The van der Waals surface area contributed by atoms with Crippen molar-refractivity contribution in [2.24, 2.45) is 5.92 Å². The zero-order valence-corrected chi connectivity index (χ0v) is 11.0. The molecule has 0 radical (unpaired) electrons. The first-order valence-electron chi connectivity index (χ1n) is 5.71. The topological polar surface area (TPSA) is 57.7 Å². The molecule has 0 saturated carbocycles. The Hall–Kier alpha value is -0.460. The van der Waals surface area contributed by atoms with Crippen molar-refractivity contribution >= 4 is 16.0 Å². The molecule has 1 rings (SSSR count). The molecule has 1 fully saturated rings. The third kappa shape index (κ3) is 2.61. The highest BCUT2D eigenvalue weighted by Crippen LogP contribution is 2.18. The highest BCUT2D eigenvalue weighted by molar-refractivity contribution is 7.86. The van der Waals surface area contributed by atoms with E-state index < -0.39 is 10.2 Å². The standard InChI is InChI=1S/C10H20N2O3S/c1-4-11(5-2)16(14,15)12-7-6-10(13)9(3)8-12/h9H,4-8H2,1-3H3. The lowest BCUT2D eigenvalue weighted by Gasteiger charge is -2.33. The summed E-state index contributed by atoms with van der Waals surface area (Å²) in [6.45, 7) is 7.00. The Morgan fingerprint density at radius 1 is 1.38 bits per heavy atom. The van der Waals surface area contributed by atoms with E-state index in [9.17, 15) is 13.2 Å². The predicted octanol–water partition coefficient (Wildman–Crippen LogP) is 0.484. The van der Waals surface area contributed by atoms with Crippen molar-refractivity contribution in [1.29, 1.82) is 0 Å². The van der Waals surface area contributed by atoms with E-state index in [0.717, 1.165) is 0 Å². The molecular weight excluding hydrogens is 228 g/mol. The number of hydrogen-bond donors (Lipinski definition) is 0. The number of rotatable bonds is 4. The van der Waals surface area contributed by atoms with E-state index in [2.05, 4.69) is 0 Å². The van der Waals surface area contributed by atoms with Gasteiger partial charge in [-0.05, 0) is 0 Å². The summed E-state index contributed by atoms with van der Waals surface area (Å²) in [7, 11) is -3.37. The largest absolute Gasteiger partial charge is 0.299 e. The molecule has 94 valence electrons. The van der Waals surface area contributed by atoms with Crippen LogP contribution >= 0.6 is 0 Å². The van der Waals surface area contributed by atoms with Crippen molar-refractivity contribution in [3.8, 4) is 0 Å². The van der Waals surface area contributed by atoms with Crippen LogP contribution in [0, 0.1) is 5.92 Å². The van der Waals surface area contributed by atoms with Crippen molar-refractivity contribution in [2.45, 2.75) is 27.2 Å². The Labute approximate surface area is 97.6 Å². The zero-order valence-electron chi connectivity index (χ0n) is 10.1. The Morgan fingerprint density at radius 2 is 1.94 bits per heavy atom. The van der Waals surface area contributed by atoms with E-state index in [1.54, 1.807) is 6.92 Å². The monoisotopic (exact) mass is 248 g/mol. The summed E-state index contributed by atoms with van der Waals surface area (Å²) in [6.07, 6.45) is 0.335. The summed E-state index contributed by atoms with van der Waals surface area (Å²) in [4.78, 5) is 11.3. The Morgan fingerprint density at radius 3 is 2.38 bits per heavy atom. The lowest BCUT2D eigenvalue weighted by atomic mass is 10.0. The van der Waals surface area contributed by atoms with Crippen LogP contribution in [-0.2, 0) is 15.0 Å². The van der Waals surface area contributed by atoms with Crippen molar-refractivity contribution in [3.05, 3.63) is 0 Å². The van der Waals surface area contributed by atoms with Gasteiger partial charge in [0.05, 0.1) is 0 Å². The number of ketones is 1. The van der Waals surface area contributed by atoms with Gasteiger partial charge in [0, 0.05) is 38.5 Å². The van der Waals surface area contributed by atoms with E-state index >= 15 is 0 Å². The van der Waals surface area contributed by atoms with Crippen LogP contribution in [0.1, 0.15) is 27.2 Å². The molecule has 1 heterocycles. The van der Waals surface area contributed by atoms with Crippen LogP contribution in [0.15, 0.2) is 0 Å². The van der Waals surface area contributed by atoms with Gasteiger partial charge in [0.25, 0.3) is 10.2 Å². The number of piperidine rings is 1. The molecule has 0 aliphatic carbocycles. The van der Waals surface area contributed by atoms with Gasteiger partial charge < -0.3 is 0 Å². The van der Waals surface area contributed by atoms with Gasteiger partial charge in [-0.2, -0.15) is 17.0 Å². The predicted molar refractivity (Wildman–Crippen MR) is 62.2 cm³/mol. The maximum absolute atomic E-state index is 12.1. The molecule has 0 aromatic rings. The molecule has 0 bridgehead atoms. The van der Waals surface area contributed by atoms with Gasteiger partial charge in [-0.3, -0.25) is 4.79 Å². The van der Waals surface area contributed by atoms with Crippen molar-refractivity contribution in [2.75, 3.05) is 26.2 Å². The van der Waals surface area contributed by atoms with Crippen LogP contribution in [0.3, 0.4) is 0 Å². The van der Waals surface area contributed by atoms with Crippen LogP contribution in [0.4, 0.5) is 0 Å². The lowest BCUT2D eigenvalue weighted by Crippen LogP contribution is -2.49. The minimum atomic E-state index is -3.37. The minimum Gasteiger partial charge on any atom is -0.299 e. The number of hydrogen-bond acceptors (Lipinski definition) is 3. The van der Waals surface area contributed by atoms with Crippen molar-refractivity contribution < 1.29 is 13.2 Å². The van der Waals surface area contributed by atoms with Crippen molar-refractivity contribution in [3.63, 3.8) is 0 Å². The Balaban J connectivity index is 2.81. The minimum absolute atomic E-state index is 0.158. The number of carbonyl (C=O) groups excluding carboxylic acids is 1. The van der Waals surface area contributed by atoms with Crippen LogP contribution in [0.25, 0.3) is 0 Å². The summed E-state index contributed by atoms with van der Waals surface area (Å²) in [5, 5.41) is 0. The summed E-state index contributed by atoms with van der Waals surface area (Å²) < 4.78 is 27.1. The summed E-state index contributed by atoms with van der Waals surface area (Å²) in [6, 6.07) is 0. The summed E-state index contributed by atoms with van der Waals surface area (Å²) in [5.74, 6) is -0.0231. The first kappa shape index (κ1) is 13.6. The number of Topliss-reactive ketones (excluding diaryl/α,β-unsaturated/α-hetero) is 1. The first-order valence-corrected chi connectivity index (χ1v) is 7.11. The van der Waals surface area contributed by atoms with E-state index in [-0.39, 0.29) is 11.7 Å². The van der Waals surface area contributed by atoms with Gasteiger partial charge >= 0.3 is 0 Å².